The summed E-state index contributed by atoms with van der Waals surface area (Å²) >= 11 is 1.15. The van der Waals surface area contributed by atoms with E-state index in [9.17, 15) is 57.9 Å². The van der Waals surface area contributed by atoms with Crippen LogP contribution in [0.15, 0.2) is 49.1 Å². The number of hydrogen-bond acceptors (Lipinski definition) is 18. The molecule has 390 valence electrons. The summed E-state index contributed by atoms with van der Waals surface area (Å²) in [6, 6.07) is 0. The SMILES string of the molecule is CC/C=C\C/C=C\C/C=C\CCCCCCCCCC(=O)SCCNC(=O)CCNC(=O)C(O)C(C)(C)COP(=O)(O)OP(=O)(O)OC[C@@H]1O[C@H](n2cnc3c(N)ncnc32)[C@H](O)[C@@H]1OP(=O)(O)O. The molecule has 0 radical (unpaired) electrons. The second kappa shape index (κ2) is 30.0. The van der Waals surface area contributed by atoms with Crippen molar-refractivity contribution >= 4 is 69.1 Å². The molecule has 0 saturated carbocycles. The van der Waals surface area contributed by atoms with Crippen LogP contribution >= 0.6 is 35.2 Å². The van der Waals surface area contributed by atoms with Crippen LogP contribution in [0.5, 0.6) is 0 Å². The molecule has 0 aromatic carbocycles. The number of thioether (sulfide) groups is 1. The number of fused-ring (bicyclic) bond motifs is 1. The first kappa shape index (κ1) is 60.1. The van der Waals surface area contributed by atoms with Gasteiger partial charge in [0.1, 0.15) is 36.3 Å². The van der Waals surface area contributed by atoms with Crippen LogP contribution in [-0.2, 0) is 50.7 Å². The van der Waals surface area contributed by atoms with E-state index in [-0.39, 0.29) is 41.6 Å². The number of ether oxygens (including phenoxy) is 1. The second-order valence-electron chi connectivity index (χ2n) is 16.6. The number of nitrogen functional groups attached to an aromatic ring is 1. The summed E-state index contributed by atoms with van der Waals surface area (Å²) in [4.78, 5) is 88.4. The van der Waals surface area contributed by atoms with Crippen molar-refractivity contribution in [2.24, 2.45) is 5.41 Å². The van der Waals surface area contributed by atoms with Gasteiger partial charge < -0.3 is 50.9 Å². The summed E-state index contributed by atoms with van der Waals surface area (Å²) < 4.78 is 62.4. The smallest absolute Gasteiger partial charge is 0.386 e. The largest absolute Gasteiger partial charge is 0.481 e. The summed E-state index contributed by atoms with van der Waals surface area (Å²) in [5, 5.41) is 26.7. The Morgan fingerprint density at radius 3 is 2.20 bits per heavy atom. The summed E-state index contributed by atoms with van der Waals surface area (Å²) in [5.41, 5.74) is 4.28. The Bertz CT molecular complexity index is 2170. The van der Waals surface area contributed by atoms with Crippen LogP contribution < -0.4 is 16.4 Å². The molecule has 69 heavy (non-hydrogen) atoms. The number of hydrogen-bond donors (Lipinski definition) is 9. The normalized spacial score (nSPS) is 20.2. The molecule has 2 aromatic rings. The van der Waals surface area contributed by atoms with E-state index in [1.54, 1.807) is 0 Å². The molecule has 1 aliphatic heterocycles. The maximum atomic E-state index is 12.7. The van der Waals surface area contributed by atoms with Crippen molar-refractivity contribution < 1.29 is 80.5 Å². The predicted octanol–water partition coefficient (Wildman–Crippen LogP) is 5.03. The van der Waals surface area contributed by atoms with Gasteiger partial charge in [-0.1, -0.05) is 101 Å². The molecule has 28 heteroatoms. The van der Waals surface area contributed by atoms with Gasteiger partial charge in [-0.3, -0.25) is 32.5 Å². The van der Waals surface area contributed by atoms with Crippen molar-refractivity contribution in [3.8, 4) is 0 Å². The van der Waals surface area contributed by atoms with Crippen molar-refractivity contribution in [1.29, 1.82) is 0 Å². The zero-order chi connectivity index (χ0) is 51.1. The van der Waals surface area contributed by atoms with E-state index in [0.29, 0.717) is 12.2 Å². The van der Waals surface area contributed by atoms with Crippen LogP contribution in [0.2, 0.25) is 0 Å². The summed E-state index contributed by atoms with van der Waals surface area (Å²) in [7, 11) is -16.4. The van der Waals surface area contributed by atoms with Crippen molar-refractivity contribution in [3.05, 3.63) is 49.1 Å². The first-order chi connectivity index (χ1) is 32.6. The number of rotatable bonds is 34. The fourth-order valence-electron chi connectivity index (χ4n) is 6.61. The molecule has 2 aromatic heterocycles. The summed E-state index contributed by atoms with van der Waals surface area (Å²) in [6.07, 6.45) is 18.5. The average Bonchev–Trinajstić information content (AvgIpc) is 3.84. The van der Waals surface area contributed by atoms with Crippen molar-refractivity contribution in [3.63, 3.8) is 0 Å². The highest BCUT2D eigenvalue weighted by molar-refractivity contribution is 8.13. The summed E-state index contributed by atoms with van der Waals surface area (Å²) in [6.45, 7) is 2.68. The first-order valence-electron chi connectivity index (χ1n) is 22.6. The molecule has 1 saturated heterocycles. The molecule has 0 aliphatic carbocycles. The maximum absolute atomic E-state index is 12.7. The van der Waals surface area contributed by atoms with Crippen LogP contribution in [0.4, 0.5) is 5.82 Å². The minimum absolute atomic E-state index is 0.0321. The van der Waals surface area contributed by atoms with Crippen LogP contribution in [0, 0.1) is 5.41 Å². The van der Waals surface area contributed by atoms with Crippen molar-refractivity contribution in [2.75, 3.05) is 37.8 Å². The van der Waals surface area contributed by atoms with Crippen LogP contribution in [0.1, 0.15) is 110 Å². The highest BCUT2D eigenvalue weighted by Crippen LogP contribution is 2.61. The molecule has 3 unspecified atom stereocenters. The lowest BCUT2D eigenvalue weighted by atomic mass is 9.87. The van der Waals surface area contributed by atoms with Gasteiger partial charge in [-0.15, -0.1) is 0 Å². The standard InChI is InChI=1S/C41H68N7O17P3S/c1-4-5-6-7-8-9-10-11-12-13-14-15-16-17-18-19-20-21-32(50)69-25-24-43-31(49)22-23-44-39(53)36(52)41(2,3)27-62-68(59,60)65-67(57,58)61-26-30-35(64-66(54,55)56)34(51)40(63-30)48-29-47-33-37(42)45-28-46-38(33)48/h5-6,8-9,11-12,28-30,34-36,40,51-52H,4,7,10,13-27H2,1-3H3,(H,43,49)(H,44,53)(H,57,58)(H,59,60)(H2,42,45,46)(H2,54,55,56)/b6-5-,9-8-,12-11-/t30-,34+,35+,36?,40-/m0/s1. The zero-order valence-corrected chi connectivity index (χ0v) is 42.5. The Labute approximate surface area is 405 Å². The Kier molecular flexibility index (Phi) is 26.1. The fourth-order valence-corrected chi connectivity index (χ4v) is 10.2. The average molecular weight is 1060 g/mol. The zero-order valence-electron chi connectivity index (χ0n) is 39.0. The van der Waals surface area contributed by atoms with E-state index in [2.05, 4.69) is 77.8 Å². The van der Waals surface area contributed by atoms with Crippen LogP contribution in [0.3, 0.4) is 0 Å². The highest BCUT2D eigenvalue weighted by atomic mass is 32.2. The number of allylic oxidation sites excluding steroid dienone is 6. The van der Waals surface area contributed by atoms with Crippen molar-refractivity contribution in [1.82, 2.24) is 30.2 Å². The van der Waals surface area contributed by atoms with Gasteiger partial charge in [0.25, 0.3) is 0 Å². The summed E-state index contributed by atoms with van der Waals surface area (Å²) in [5.74, 6) is -1.04. The van der Waals surface area contributed by atoms with Gasteiger partial charge in [-0.25, -0.2) is 28.6 Å². The molecule has 3 heterocycles. The number of unbranched alkanes of at least 4 members (excludes halogenated alkanes) is 7. The Morgan fingerprint density at radius 1 is 0.884 bits per heavy atom. The lowest BCUT2D eigenvalue weighted by Crippen LogP contribution is -2.46. The van der Waals surface area contributed by atoms with E-state index in [0.717, 1.165) is 80.4 Å². The van der Waals surface area contributed by atoms with Gasteiger partial charge >= 0.3 is 23.5 Å². The maximum Gasteiger partial charge on any atom is 0.481 e. The van der Waals surface area contributed by atoms with Crippen LogP contribution in [0.25, 0.3) is 11.2 Å². The number of phosphoric acid groups is 3. The van der Waals surface area contributed by atoms with Gasteiger partial charge in [0, 0.05) is 37.1 Å². The lowest BCUT2D eigenvalue weighted by Gasteiger charge is -2.30. The Morgan fingerprint density at radius 2 is 1.52 bits per heavy atom. The first-order valence-corrected chi connectivity index (χ1v) is 28.1. The van der Waals surface area contributed by atoms with E-state index >= 15 is 0 Å². The number of anilines is 1. The number of nitrogens with one attached hydrogen (secondary N) is 2. The van der Waals surface area contributed by atoms with E-state index < -0.39 is 84.6 Å². The van der Waals surface area contributed by atoms with Gasteiger partial charge in [-0.2, -0.15) is 4.31 Å². The number of carbonyl (C=O) groups is 3. The number of imidazole rings is 1. The molecule has 7 atom stereocenters. The van der Waals surface area contributed by atoms with Gasteiger partial charge in [-0.05, 0) is 38.5 Å². The molecule has 0 bridgehead atoms. The van der Waals surface area contributed by atoms with Crippen LogP contribution in [-0.4, -0.2) is 123 Å². The number of phosphoric ester groups is 3. The highest BCUT2D eigenvalue weighted by Gasteiger charge is 2.50. The van der Waals surface area contributed by atoms with E-state index in [1.165, 1.54) is 33.1 Å². The van der Waals surface area contributed by atoms with E-state index in [4.69, 9.17) is 19.5 Å². The Hall–Kier alpha value is -3.22. The molecule has 1 fully saturated rings. The van der Waals surface area contributed by atoms with Gasteiger partial charge in [0.05, 0.1) is 19.5 Å². The monoisotopic (exact) mass is 1060 g/mol. The second-order valence-corrected chi connectivity index (χ2v) is 22.0. The number of aliphatic hydroxyl groups is 2. The number of aliphatic hydroxyl groups excluding tert-OH is 2. The number of carbonyl (C=O) groups excluding carboxylic acids is 3. The van der Waals surface area contributed by atoms with Crippen molar-refractivity contribution in [2.45, 2.75) is 135 Å². The fraction of sp³-hybridized carbons (Fsp3) is 0.659. The lowest BCUT2D eigenvalue weighted by molar-refractivity contribution is -0.137. The molecular formula is C41H68N7O17P3S. The topological polar surface area (TPSA) is 364 Å². The molecule has 3 rings (SSSR count). The molecule has 24 nitrogen and oxygen atoms in total. The van der Waals surface area contributed by atoms with E-state index in [1.807, 2.05) is 0 Å². The van der Waals surface area contributed by atoms with Gasteiger partial charge in [0.15, 0.2) is 22.8 Å². The number of nitrogens with zero attached hydrogens (tertiary/aromatic N) is 4. The number of amides is 2. The minimum Gasteiger partial charge on any atom is -0.386 e. The molecule has 2 amide bonds. The van der Waals surface area contributed by atoms with Gasteiger partial charge in [0.2, 0.25) is 11.8 Å². The molecule has 10 N–H and O–H groups in total. The third-order valence-corrected chi connectivity index (χ3v) is 14.3. The Balaban J connectivity index is 1.28. The number of aromatic nitrogens is 4. The quantitative estimate of drug-likeness (QED) is 0.0252. The molecule has 0 spiro atoms. The minimum atomic E-state index is -5.58. The molecule has 1 aliphatic rings. The third-order valence-electron chi connectivity index (χ3n) is 10.3. The third kappa shape index (κ3) is 22.8. The number of nitrogens with two attached hydrogens (primary N) is 1. The predicted molar refractivity (Wildman–Crippen MR) is 256 cm³/mol. The molecular weight excluding hydrogens is 987 g/mol.